The van der Waals surface area contributed by atoms with Gasteiger partial charge in [0.25, 0.3) is 0 Å². The van der Waals surface area contributed by atoms with Crippen molar-refractivity contribution in [2.45, 2.75) is 49.2 Å². The molecule has 0 radical (unpaired) electrons. The van der Waals surface area contributed by atoms with Crippen LogP contribution in [0.3, 0.4) is 0 Å². The second-order valence-electron chi connectivity index (χ2n) is 6.44. The molecule has 0 spiro atoms. The van der Waals surface area contributed by atoms with Gasteiger partial charge >= 0.3 is 0 Å². The molecule has 1 aromatic carbocycles. The molecular weight excluding hydrogens is 284 g/mol. The van der Waals surface area contributed by atoms with E-state index in [1.165, 1.54) is 31.1 Å². The molecule has 1 N–H and O–H groups in total. The summed E-state index contributed by atoms with van der Waals surface area (Å²) in [7, 11) is -3.11. The standard InChI is InChI=1S/C16H24N2O2S/c1-12(13-3-7-16(8-4-13)21(2,19)20)18-10-9-14-5-6-15(11-18)17-14/h3-4,7-8,12,14-15,17H,5-6,9-11H2,1-2H3. The largest absolute Gasteiger partial charge is 0.310 e. The lowest BCUT2D eigenvalue weighted by atomic mass is 10.0. The second-order valence-corrected chi connectivity index (χ2v) is 8.45. The van der Waals surface area contributed by atoms with Crippen molar-refractivity contribution in [2.75, 3.05) is 19.3 Å². The predicted molar refractivity (Wildman–Crippen MR) is 84.1 cm³/mol. The molecule has 2 heterocycles. The van der Waals surface area contributed by atoms with E-state index in [2.05, 4.69) is 17.1 Å². The van der Waals surface area contributed by atoms with Gasteiger partial charge < -0.3 is 5.32 Å². The number of benzene rings is 1. The lowest BCUT2D eigenvalue weighted by Gasteiger charge is -2.30. The lowest BCUT2D eigenvalue weighted by molar-refractivity contribution is 0.200. The Morgan fingerprint density at radius 3 is 2.48 bits per heavy atom. The quantitative estimate of drug-likeness (QED) is 0.927. The van der Waals surface area contributed by atoms with Crippen LogP contribution in [0.25, 0.3) is 0 Å². The Labute approximate surface area is 127 Å². The zero-order valence-corrected chi connectivity index (χ0v) is 13.6. The van der Waals surface area contributed by atoms with Crippen molar-refractivity contribution in [2.24, 2.45) is 0 Å². The SMILES string of the molecule is CC(c1ccc(S(C)(=O)=O)cc1)N1CCC2CCC(C1)N2. The van der Waals surface area contributed by atoms with Crippen molar-refractivity contribution in [3.8, 4) is 0 Å². The van der Waals surface area contributed by atoms with Crippen LogP contribution in [0.15, 0.2) is 29.2 Å². The zero-order chi connectivity index (χ0) is 15.0. The van der Waals surface area contributed by atoms with Crippen LogP contribution in [-0.2, 0) is 9.84 Å². The van der Waals surface area contributed by atoms with Gasteiger partial charge in [0, 0.05) is 37.5 Å². The summed E-state index contributed by atoms with van der Waals surface area (Å²) in [6.07, 6.45) is 5.06. The van der Waals surface area contributed by atoms with Gasteiger partial charge in [-0.1, -0.05) is 12.1 Å². The maximum absolute atomic E-state index is 11.5. The van der Waals surface area contributed by atoms with E-state index in [1.807, 2.05) is 12.1 Å². The minimum atomic E-state index is -3.11. The van der Waals surface area contributed by atoms with E-state index < -0.39 is 9.84 Å². The van der Waals surface area contributed by atoms with Crippen molar-refractivity contribution in [3.63, 3.8) is 0 Å². The van der Waals surface area contributed by atoms with Gasteiger partial charge in [0.15, 0.2) is 9.84 Å². The van der Waals surface area contributed by atoms with E-state index in [0.717, 1.165) is 13.1 Å². The van der Waals surface area contributed by atoms with Crippen LogP contribution >= 0.6 is 0 Å². The fraction of sp³-hybridized carbons (Fsp3) is 0.625. The Balaban J connectivity index is 1.74. The summed E-state index contributed by atoms with van der Waals surface area (Å²) in [5, 5.41) is 3.70. The van der Waals surface area contributed by atoms with Crippen LogP contribution in [0.4, 0.5) is 0 Å². The van der Waals surface area contributed by atoms with Gasteiger partial charge in [-0.05, 0) is 43.9 Å². The third-order valence-electron chi connectivity index (χ3n) is 4.89. The van der Waals surface area contributed by atoms with E-state index in [9.17, 15) is 8.42 Å². The summed E-state index contributed by atoms with van der Waals surface area (Å²) < 4.78 is 23.1. The third-order valence-corrected chi connectivity index (χ3v) is 6.02. The molecule has 2 aliphatic rings. The van der Waals surface area contributed by atoms with Crippen LogP contribution in [0, 0.1) is 0 Å². The Kier molecular flexibility index (Phi) is 4.08. The molecule has 2 aliphatic heterocycles. The second kappa shape index (κ2) is 5.71. The molecular formula is C16H24N2O2S. The van der Waals surface area contributed by atoms with Gasteiger partial charge in [-0.25, -0.2) is 8.42 Å². The van der Waals surface area contributed by atoms with Crippen LogP contribution in [0.2, 0.25) is 0 Å². The van der Waals surface area contributed by atoms with Crippen LogP contribution in [-0.4, -0.2) is 44.7 Å². The first-order valence-corrected chi connectivity index (χ1v) is 9.63. The molecule has 2 fully saturated rings. The fourth-order valence-electron chi connectivity index (χ4n) is 3.53. The molecule has 0 amide bonds. The third kappa shape index (κ3) is 3.30. The van der Waals surface area contributed by atoms with E-state index in [-0.39, 0.29) is 0 Å². The number of rotatable bonds is 3. The van der Waals surface area contributed by atoms with Gasteiger partial charge in [0.2, 0.25) is 0 Å². The molecule has 2 saturated heterocycles. The molecule has 0 aliphatic carbocycles. The van der Waals surface area contributed by atoms with Crippen LogP contribution in [0.1, 0.15) is 37.8 Å². The molecule has 0 aromatic heterocycles. The minimum Gasteiger partial charge on any atom is -0.310 e. The van der Waals surface area contributed by atoms with E-state index in [4.69, 9.17) is 0 Å². The van der Waals surface area contributed by atoms with Crippen molar-refractivity contribution in [1.29, 1.82) is 0 Å². The van der Waals surface area contributed by atoms with E-state index in [1.54, 1.807) is 12.1 Å². The van der Waals surface area contributed by atoms with Gasteiger partial charge in [-0.15, -0.1) is 0 Å². The summed E-state index contributed by atoms with van der Waals surface area (Å²) >= 11 is 0. The average Bonchev–Trinajstić information content (AvgIpc) is 2.77. The Hall–Kier alpha value is -0.910. The van der Waals surface area contributed by atoms with E-state index >= 15 is 0 Å². The molecule has 4 nitrogen and oxygen atoms in total. The number of hydrogen-bond acceptors (Lipinski definition) is 4. The average molecular weight is 308 g/mol. The Morgan fingerprint density at radius 2 is 1.81 bits per heavy atom. The van der Waals surface area contributed by atoms with Gasteiger partial charge in [-0.2, -0.15) is 0 Å². The highest BCUT2D eigenvalue weighted by Gasteiger charge is 2.31. The van der Waals surface area contributed by atoms with Gasteiger partial charge in [0.1, 0.15) is 0 Å². The number of nitrogens with one attached hydrogen (secondary N) is 1. The molecule has 21 heavy (non-hydrogen) atoms. The monoisotopic (exact) mass is 308 g/mol. The van der Waals surface area contributed by atoms with Gasteiger partial charge in [-0.3, -0.25) is 4.90 Å². The first-order chi connectivity index (χ1) is 9.93. The first kappa shape index (κ1) is 15.0. The summed E-state index contributed by atoms with van der Waals surface area (Å²) in [4.78, 5) is 2.92. The first-order valence-electron chi connectivity index (χ1n) is 7.73. The van der Waals surface area contributed by atoms with Crippen molar-refractivity contribution < 1.29 is 8.42 Å². The Morgan fingerprint density at radius 1 is 1.14 bits per heavy atom. The van der Waals surface area contributed by atoms with Crippen LogP contribution in [0.5, 0.6) is 0 Å². The highest BCUT2D eigenvalue weighted by molar-refractivity contribution is 7.90. The topological polar surface area (TPSA) is 49.4 Å². The Bertz CT molecular complexity index is 597. The molecule has 5 heteroatoms. The molecule has 116 valence electrons. The fourth-order valence-corrected chi connectivity index (χ4v) is 4.16. The number of likely N-dealkylation sites (tertiary alicyclic amines) is 1. The smallest absolute Gasteiger partial charge is 0.175 e. The van der Waals surface area contributed by atoms with E-state index in [0.29, 0.717) is 23.0 Å². The van der Waals surface area contributed by atoms with Gasteiger partial charge in [0.05, 0.1) is 4.90 Å². The summed E-state index contributed by atoms with van der Waals surface area (Å²) in [6.45, 7) is 4.42. The molecule has 3 unspecified atom stereocenters. The number of fused-ring (bicyclic) bond motifs is 2. The van der Waals surface area contributed by atoms with Crippen LogP contribution < -0.4 is 5.32 Å². The summed E-state index contributed by atoms with van der Waals surface area (Å²) in [5.74, 6) is 0. The molecule has 2 bridgehead atoms. The van der Waals surface area contributed by atoms with Crippen molar-refractivity contribution >= 4 is 9.84 Å². The lowest BCUT2D eigenvalue weighted by Crippen LogP contribution is -2.36. The van der Waals surface area contributed by atoms with Crippen molar-refractivity contribution in [1.82, 2.24) is 10.2 Å². The summed E-state index contributed by atoms with van der Waals surface area (Å²) in [5.41, 5.74) is 1.19. The molecule has 3 atom stereocenters. The minimum absolute atomic E-state index is 0.333. The highest BCUT2D eigenvalue weighted by Crippen LogP contribution is 2.27. The highest BCUT2D eigenvalue weighted by atomic mass is 32.2. The molecule has 1 aromatic rings. The molecule has 0 saturated carbocycles. The number of nitrogens with zero attached hydrogens (tertiary/aromatic N) is 1. The molecule has 3 rings (SSSR count). The summed E-state index contributed by atoms with van der Waals surface area (Å²) in [6, 6.07) is 9.01. The number of sulfone groups is 1. The van der Waals surface area contributed by atoms with Crippen molar-refractivity contribution in [3.05, 3.63) is 29.8 Å². The maximum Gasteiger partial charge on any atom is 0.175 e. The number of hydrogen-bond donors (Lipinski definition) is 1. The predicted octanol–water partition coefficient (Wildman–Crippen LogP) is 1.98. The maximum atomic E-state index is 11.5. The zero-order valence-electron chi connectivity index (χ0n) is 12.7. The normalized spacial score (nSPS) is 28.3.